The fourth-order valence-corrected chi connectivity index (χ4v) is 4.97. The van der Waals surface area contributed by atoms with Crippen molar-refractivity contribution in [2.75, 3.05) is 18.4 Å². The van der Waals surface area contributed by atoms with Gasteiger partial charge in [-0.05, 0) is 31.0 Å². The van der Waals surface area contributed by atoms with Crippen molar-refractivity contribution >= 4 is 21.6 Å². The van der Waals surface area contributed by atoms with Crippen molar-refractivity contribution in [3.63, 3.8) is 0 Å². The fraction of sp³-hybridized carbons (Fsp3) is 0.389. The van der Waals surface area contributed by atoms with E-state index in [2.05, 4.69) is 14.8 Å². The number of benzene rings is 1. The number of alkyl halides is 2. The van der Waals surface area contributed by atoms with Crippen LogP contribution in [0.2, 0.25) is 0 Å². The highest BCUT2D eigenvalue weighted by atomic mass is 32.2. The highest BCUT2D eigenvalue weighted by Crippen LogP contribution is 2.42. The van der Waals surface area contributed by atoms with E-state index in [0.717, 1.165) is 19.3 Å². The van der Waals surface area contributed by atoms with Crippen LogP contribution in [0, 0.1) is 0 Å². The molecule has 0 unspecified atom stereocenters. The molecule has 8 nitrogen and oxygen atoms in total. The summed E-state index contributed by atoms with van der Waals surface area (Å²) in [6.45, 7) is 0.918. The van der Waals surface area contributed by atoms with Crippen molar-refractivity contribution in [1.29, 1.82) is 0 Å². The summed E-state index contributed by atoms with van der Waals surface area (Å²) in [6.07, 6.45) is 0.251. The van der Waals surface area contributed by atoms with E-state index in [9.17, 15) is 22.0 Å². The third-order valence-electron chi connectivity index (χ3n) is 4.82. The molecule has 1 aromatic heterocycles. The van der Waals surface area contributed by atoms with Gasteiger partial charge in [0.05, 0.1) is 0 Å². The molecule has 2 aromatic rings. The van der Waals surface area contributed by atoms with Gasteiger partial charge in [0.15, 0.2) is 11.5 Å². The van der Waals surface area contributed by atoms with E-state index in [0.29, 0.717) is 13.1 Å². The summed E-state index contributed by atoms with van der Waals surface area (Å²) in [5.41, 5.74) is 0.320. The first-order chi connectivity index (χ1) is 13.7. The Bertz CT molecular complexity index is 1060. The largest absolute Gasteiger partial charge is 0.586 e. The van der Waals surface area contributed by atoms with E-state index < -0.39 is 22.2 Å². The number of aromatic nitrogens is 1. The summed E-state index contributed by atoms with van der Waals surface area (Å²) >= 11 is 0. The first-order valence-electron chi connectivity index (χ1n) is 9.03. The Morgan fingerprint density at radius 1 is 1.10 bits per heavy atom. The predicted molar refractivity (Wildman–Crippen MR) is 98.6 cm³/mol. The molecule has 3 heterocycles. The summed E-state index contributed by atoms with van der Waals surface area (Å²) in [6, 6.07) is 5.15. The smallest absolute Gasteiger partial charge is 0.395 e. The summed E-state index contributed by atoms with van der Waals surface area (Å²) in [5.74, 6) is -0.923. The number of aryl methyl sites for hydroxylation is 1. The highest BCUT2D eigenvalue weighted by molar-refractivity contribution is 7.89. The number of anilines is 1. The number of fused-ring (bicyclic) bond motifs is 1. The van der Waals surface area contributed by atoms with Crippen molar-refractivity contribution in [2.24, 2.45) is 7.05 Å². The Hall–Kier alpha value is -2.66. The van der Waals surface area contributed by atoms with Gasteiger partial charge in [-0.25, -0.2) is 8.42 Å². The van der Waals surface area contributed by atoms with Crippen LogP contribution in [0.5, 0.6) is 11.5 Å². The summed E-state index contributed by atoms with van der Waals surface area (Å²) in [7, 11) is -2.12. The number of carbonyl (C=O) groups is 1. The van der Waals surface area contributed by atoms with E-state index in [1.807, 2.05) is 0 Å². The molecular formula is C18H19F2N3O5S. The third-order valence-corrected chi connectivity index (χ3v) is 6.69. The maximum atomic E-state index is 13.1. The number of sulfonamides is 1. The molecule has 11 heteroatoms. The lowest BCUT2D eigenvalue weighted by Gasteiger charge is -2.25. The lowest BCUT2D eigenvalue weighted by Crippen LogP contribution is -2.35. The SMILES string of the molecule is Cn1cc(S(=O)(=O)N2CCCCC2)cc1C(=O)Nc1ccc2c(c1)OC(F)(F)O2. The van der Waals surface area contributed by atoms with Crippen LogP contribution < -0.4 is 14.8 Å². The van der Waals surface area contributed by atoms with E-state index in [1.165, 1.54) is 39.3 Å². The number of nitrogens with one attached hydrogen (secondary N) is 1. The molecule has 2 aliphatic rings. The number of piperidine rings is 1. The molecule has 1 fully saturated rings. The van der Waals surface area contributed by atoms with Crippen LogP contribution in [0.25, 0.3) is 0 Å². The van der Waals surface area contributed by atoms with Crippen LogP contribution in [0.1, 0.15) is 29.8 Å². The number of ether oxygens (including phenoxy) is 2. The Labute approximate surface area is 166 Å². The Balaban J connectivity index is 1.53. The van der Waals surface area contributed by atoms with E-state index in [4.69, 9.17) is 0 Å². The predicted octanol–water partition coefficient (Wildman–Crippen LogP) is 2.77. The van der Waals surface area contributed by atoms with Crippen LogP contribution in [-0.2, 0) is 17.1 Å². The summed E-state index contributed by atoms with van der Waals surface area (Å²) in [5, 5.41) is 2.55. The molecule has 0 spiro atoms. The second-order valence-corrected chi connectivity index (χ2v) is 8.86. The number of carbonyl (C=O) groups excluding carboxylic acids is 1. The normalized spacial score (nSPS) is 18.6. The number of nitrogens with zero attached hydrogens (tertiary/aromatic N) is 2. The number of rotatable bonds is 4. The first kappa shape index (κ1) is 19.6. The average molecular weight is 427 g/mol. The quantitative estimate of drug-likeness (QED) is 0.811. The molecule has 0 saturated carbocycles. The Morgan fingerprint density at radius 2 is 1.79 bits per heavy atom. The Morgan fingerprint density at radius 3 is 2.52 bits per heavy atom. The maximum absolute atomic E-state index is 13.1. The van der Waals surface area contributed by atoms with Gasteiger partial charge in [0, 0.05) is 38.1 Å². The van der Waals surface area contributed by atoms with Crippen LogP contribution in [0.4, 0.5) is 14.5 Å². The van der Waals surface area contributed by atoms with Gasteiger partial charge in [-0.1, -0.05) is 6.42 Å². The maximum Gasteiger partial charge on any atom is 0.586 e. The van der Waals surface area contributed by atoms with Crippen molar-refractivity contribution < 1.29 is 31.5 Å². The van der Waals surface area contributed by atoms with E-state index >= 15 is 0 Å². The standard InChI is InChI=1S/C18H19F2N3O5S/c1-22-11-13(29(25,26)23-7-3-2-4-8-23)10-14(22)17(24)21-12-5-6-15-16(9-12)28-18(19,20)27-15/h5-6,9-11H,2-4,7-8H2,1H3,(H,21,24). The minimum absolute atomic E-state index is 0.0392. The van der Waals surface area contributed by atoms with Gasteiger partial charge in [0.1, 0.15) is 10.6 Å². The lowest BCUT2D eigenvalue weighted by atomic mass is 10.2. The van der Waals surface area contributed by atoms with Crippen LogP contribution in [0.3, 0.4) is 0 Å². The van der Waals surface area contributed by atoms with Gasteiger partial charge in [-0.3, -0.25) is 4.79 Å². The molecule has 0 atom stereocenters. The van der Waals surface area contributed by atoms with Crippen LogP contribution >= 0.6 is 0 Å². The van der Waals surface area contributed by atoms with Crippen molar-refractivity contribution in [2.45, 2.75) is 30.5 Å². The third kappa shape index (κ3) is 3.79. The first-order valence-corrected chi connectivity index (χ1v) is 10.5. The molecule has 1 N–H and O–H groups in total. The van der Waals surface area contributed by atoms with E-state index in [1.54, 1.807) is 7.05 Å². The van der Waals surface area contributed by atoms with Gasteiger partial charge in [0.25, 0.3) is 5.91 Å². The van der Waals surface area contributed by atoms with Crippen molar-refractivity contribution in [3.05, 3.63) is 36.2 Å². The topological polar surface area (TPSA) is 89.9 Å². The summed E-state index contributed by atoms with van der Waals surface area (Å²) in [4.78, 5) is 12.7. The van der Waals surface area contributed by atoms with Gasteiger partial charge in [-0.2, -0.15) is 4.31 Å². The lowest BCUT2D eigenvalue weighted by molar-refractivity contribution is -0.286. The molecule has 4 rings (SSSR count). The fourth-order valence-electron chi connectivity index (χ4n) is 3.38. The molecule has 1 amide bonds. The average Bonchev–Trinajstić information content (AvgIpc) is 3.20. The molecule has 1 aromatic carbocycles. The van der Waals surface area contributed by atoms with Gasteiger partial charge in [0.2, 0.25) is 10.0 Å². The summed E-state index contributed by atoms with van der Waals surface area (Å²) < 4.78 is 63.4. The van der Waals surface area contributed by atoms with Gasteiger partial charge < -0.3 is 19.4 Å². The molecule has 29 heavy (non-hydrogen) atoms. The van der Waals surface area contributed by atoms with Crippen LogP contribution in [-0.4, -0.2) is 42.6 Å². The van der Waals surface area contributed by atoms with Crippen LogP contribution in [0.15, 0.2) is 35.4 Å². The monoisotopic (exact) mass is 427 g/mol. The molecule has 2 aliphatic heterocycles. The Kier molecular flexibility index (Phi) is 4.74. The minimum atomic E-state index is -3.75. The number of hydrogen-bond acceptors (Lipinski definition) is 5. The second kappa shape index (κ2) is 6.99. The molecule has 0 radical (unpaired) electrons. The number of hydrogen-bond donors (Lipinski definition) is 1. The molecule has 156 valence electrons. The van der Waals surface area contributed by atoms with Crippen molar-refractivity contribution in [1.82, 2.24) is 8.87 Å². The molecule has 0 bridgehead atoms. The number of amides is 1. The molecule has 0 aliphatic carbocycles. The number of halogens is 2. The zero-order valence-electron chi connectivity index (χ0n) is 15.5. The highest BCUT2D eigenvalue weighted by Gasteiger charge is 2.43. The van der Waals surface area contributed by atoms with Gasteiger partial charge >= 0.3 is 6.29 Å². The zero-order valence-corrected chi connectivity index (χ0v) is 16.3. The zero-order chi connectivity index (χ0) is 20.8. The minimum Gasteiger partial charge on any atom is -0.395 e. The molecular weight excluding hydrogens is 408 g/mol. The van der Waals surface area contributed by atoms with Gasteiger partial charge in [-0.15, -0.1) is 8.78 Å². The second-order valence-electron chi connectivity index (χ2n) is 6.92. The van der Waals surface area contributed by atoms with Crippen molar-refractivity contribution in [3.8, 4) is 11.5 Å². The van der Waals surface area contributed by atoms with E-state index in [-0.39, 0.29) is 27.8 Å². The molecule has 1 saturated heterocycles.